The summed E-state index contributed by atoms with van der Waals surface area (Å²) in [6, 6.07) is 0.399. The molecule has 0 amide bonds. The second-order valence-corrected chi connectivity index (χ2v) is 4.97. The van der Waals surface area contributed by atoms with Gasteiger partial charge >= 0.3 is 0 Å². The Balaban J connectivity index is 2.09. The lowest BCUT2D eigenvalue weighted by atomic mass is 9.80. The third-order valence-corrected chi connectivity index (χ3v) is 3.53. The second-order valence-electron chi connectivity index (χ2n) is 4.97. The number of rotatable bonds is 1. The monoisotopic (exact) mass is 155 g/mol. The maximum Gasteiger partial charge on any atom is 0.0545 e. The molecule has 1 saturated heterocycles. The van der Waals surface area contributed by atoms with Crippen molar-refractivity contribution < 1.29 is 4.74 Å². The summed E-state index contributed by atoms with van der Waals surface area (Å²) in [6.07, 6.45) is 0. The number of hydrogen-bond acceptors (Lipinski definition) is 2. The van der Waals surface area contributed by atoms with E-state index in [1.54, 1.807) is 0 Å². The molecule has 2 nitrogen and oxygen atoms in total. The molecule has 1 aliphatic carbocycles. The van der Waals surface area contributed by atoms with E-state index in [0.29, 0.717) is 22.8 Å². The van der Waals surface area contributed by atoms with E-state index in [2.05, 4.69) is 20.8 Å². The van der Waals surface area contributed by atoms with Crippen LogP contribution in [0.25, 0.3) is 0 Å². The van der Waals surface area contributed by atoms with Crippen LogP contribution in [0.15, 0.2) is 0 Å². The molecule has 2 N–H and O–H groups in total. The Hall–Kier alpha value is -0.0800. The third kappa shape index (κ3) is 0.798. The highest BCUT2D eigenvalue weighted by molar-refractivity contribution is 5.16. The summed E-state index contributed by atoms with van der Waals surface area (Å²) >= 11 is 0. The predicted molar refractivity (Wildman–Crippen MR) is 44.2 cm³/mol. The first-order valence-corrected chi connectivity index (χ1v) is 4.32. The molecule has 2 aliphatic rings. The highest BCUT2D eigenvalue weighted by Crippen LogP contribution is 2.61. The summed E-state index contributed by atoms with van der Waals surface area (Å²) in [6.45, 7) is 8.62. The van der Waals surface area contributed by atoms with Gasteiger partial charge in [-0.15, -0.1) is 0 Å². The van der Waals surface area contributed by atoms with Gasteiger partial charge in [0.05, 0.1) is 13.2 Å². The van der Waals surface area contributed by atoms with E-state index >= 15 is 0 Å². The third-order valence-electron chi connectivity index (χ3n) is 3.53. The Kier molecular flexibility index (Phi) is 1.24. The van der Waals surface area contributed by atoms with E-state index in [-0.39, 0.29) is 0 Å². The smallest absolute Gasteiger partial charge is 0.0545 e. The topological polar surface area (TPSA) is 35.2 Å². The summed E-state index contributed by atoms with van der Waals surface area (Å²) < 4.78 is 5.23. The lowest BCUT2D eigenvalue weighted by molar-refractivity contribution is -0.120. The number of hydrogen-bond donors (Lipinski definition) is 1. The van der Waals surface area contributed by atoms with Crippen LogP contribution < -0.4 is 5.73 Å². The first kappa shape index (κ1) is 7.56. The van der Waals surface area contributed by atoms with Crippen molar-refractivity contribution in [1.29, 1.82) is 0 Å². The lowest BCUT2D eigenvalue weighted by Gasteiger charge is -2.39. The van der Waals surface area contributed by atoms with Gasteiger partial charge in [-0.1, -0.05) is 20.8 Å². The molecule has 0 aromatic carbocycles. The van der Waals surface area contributed by atoms with E-state index in [4.69, 9.17) is 10.5 Å². The lowest BCUT2D eigenvalue weighted by Crippen LogP contribution is -2.43. The molecular weight excluding hydrogens is 138 g/mol. The van der Waals surface area contributed by atoms with Gasteiger partial charge in [0, 0.05) is 11.5 Å². The molecule has 0 aromatic heterocycles. The molecular formula is C9H17NO. The van der Waals surface area contributed by atoms with Gasteiger partial charge < -0.3 is 10.5 Å². The standard InChI is InChI=1S/C9H17NO/c1-8(2)6(7(8)10)9(3)4-11-5-9/h6-7H,4-5,10H2,1-3H3/t6-,7-/m0/s1. The largest absolute Gasteiger partial charge is 0.380 e. The zero-order chi connectivity index (χ0) is 8.28. The quantitative estimate of drug-likeness (QED) is 0.613. The fourth-order valence-electron chi connectivity index (χ4n) is 2.61. The average Bonchev–Trinajstić information content (AvgIpc) is 2.29. The molecule has 0 aromatic rings. The normalized spacial score (nSPS) is 44.7. The molecule has 2 heteroatoms. The molecule has 0 bridgehead atoms. The molecule has 1 aliphatic heterocycles. The Morgan fingerprint density at radius 2 is 1.73 bits per heavy atom. The van der Waals surface area contributed by atoms with Crippen LogP contribution in [0.5, 0.6) is 0 Å². The van der Waals surface area contributed by atoms with Crippen molar-refractivity contribution >= 4 is 0 Å². The van der Waals surface area contributed by atoms with Gasteiger partial charge in [0.2, 0.25) is 0 Å². The van der Waals surface area contributed by atoms with E-state index in [0.717, 1.165) is 13.2 Å². The van der Waals surface area contributed by atoms with Crippen LogP contribution in [-0.2, 0) is 4.74 Å². The predicted octanol–water partition coefficient (Wildman–Crippen LogP) is 1.01. The van der Waals surface area contributed by atoms with Crippen molar-refractivity contribution in [3.8, 4) is 0 Å². The van der Waals surface area contributed by atoms with Crippen molar-refractivity contribution in [3.63, 3.8) is 0 Å². The molecule has 0 spiro atoms. The summed E-state index contributed by atoms with van der Waals surface area (Å²) in [7, 11) is 0. The van der Waals surface area contributed by atoms with E-state index in [9.17, 15) is 0 Å². The number of ether oxygens (including phenoxy) is 1. The van der Waals surface area contributed by atoms with Gasteiger partial charge in [-0.3, -0.25) is 0 Å². The van der Waals surface area contributed by atoms with E-state index < -0.39 is 0 Å². The van der Waals surface area contributed by atoms with Crippen molar-refractivity contribution in [2.24, 2.45) is 22.5 Å². The summed E-state index contributed by atoms with van der Waals surface area (Å²) in [5.74, 6) is 0.684. The Morgan fingerprint density at radius 3 is 1.82 bits per heavy atom. The maximum atomic E-state index is 5.98. The highest BCUT2D eigenvalue weighted by Gasteiger charge is 2.65. The van der Waals surface area contributed by atoms with Gasteiger partial charge in [0.1, 0.15) is 0 Å². The molecule has 64 valence electrons. The zero-order valence-corrected chi connectivity index (χ0v) is 7.55. The second kappa shape index (κ2) is 1.80. The van der Waals surface area contributed by atoms with Crippen LogP contribution in [0.3, 0.4) is 0 Å². The van der Waals surface area contributed by atoms with Crippen LogP contribution in [-0.4, -0.2) is 19.3 Å². The average molecular weight is 155 g/mol. The van der Waals surface area contributed by atoms with Crippen LogP contribution >= 0.6 is 0 Å². The first-order chi connectivity index (χ1) is 4.98. The van der Waals surface area contributed by atoms with Gasteiger partial charge in [0.15, 0.2) is 0 Å². The summed E-state index contributed by atoms with van der Waals surface area (Å²) in [5, 5.41) is 0. The Morgan fingerprint density at radius 1 is 1.27 bits per heavy atom. The van der Waals surface area contributed by atoms with Crippen LogP contribution in [0.4, 0.5) is 0 Å². The van der Waals surface area contributed by atoms with Crippen LogP contribution in [0, 0.1) is 16.7 Å². The first-order valence-electron chi connectivity index (χ1n) is 4.32. The summed E-state index contributed by atoms with van der Waals surface area (Å²) in [5.41, 5.74) is 6.74. The van der Waals surface area contributed by atoms with Crippen molar-refractivity contribution in [2.75, 3.05) is 13.2 Å². The highest BCUT2D eigenvalue weighted by atomic mass is 16.5. The molecule has 1 saturated carbocycles. The molecule has 0 radical (unpaired) electrons. The van der Waals surface area contributed by atoms with Gasteiger partial charge in [-0.25, -0.2) is 0 Å². The minimum atomic E-state index is 0.360. The van der Waals surface area contributed by atoms with E-state index in [1.807, 2.05) is 0 Å². The van der Waals surface area contributed by atoms with Gasteiger partial charge in [-0.05, 0) is 11.3 Å². The molecule has 11 heavy (non-hydrogen) atoms. The van der Waals surface area contributed by atoms with Crippen molar-refractivity contribution in [3.05, 3.63) is 0 Å². The van der Waals surface area contributed by atoms with Gasteiger partial charge in [0.25, 0.3) is 0 Å². The molecule has 0 unspecified atom stereocenters. The van der Waals surface area contributed by atoms with Crippen LogP contribution in [0.2, 0.25) is 0 Å². The fourth-order valence-corrected chi connectivity index (χ4v) is 2.61. The minimum absolute atomic E-state index is 0.360. The molecule has 2 atom stereocenters. The molecule has 1 heterocycles. The fraction of sp³-hybridized carbons (Fsp3) is 1.00. The number of nitrogens with two attached hydrogens (primary N) is 1. The summed E-state index contributed by atoms with van der Waals surface area (Å²) in [4.78, 5) is 0. The van der Waals surface area contributed by atoms with Crippen molar-refractivity contribution in [1.82, 2.24) is 0 Å². The SMILES string of the molecule is CC1([C@H]2[C@H](N)C2(C)C)COC1. The van der Waals surface area contributed by atoms with E-state index in [1.165, 1.54) is 0 Å². The zero-order valence-electron chi connectivity index (χ0n) is 7.55. The molecule has 2 rings (SSSR count). The van der Waals surface area contributed by atoms with Crippen LogP contribution in [0.1, 0.15) is 20.8 Å². The minimum Gasteiger partial charge on any atom is -0.380 e. The molecule has 2 fully saturated rings. The maximum absolute atomic E-state index is 5.98. The Bertz CT molecular complexity index is 184. The Labute approximate surface area is 68.1 Å². The van der Waals surface area contributed by atoms with Gasteiger partial charge in [-0.2, -0.15) is 0 Å². The van der Waals surface area contributed by atoms with Crippen molar-refractivity contribution in [2.45, 2.75) is 26.8 Å².